The van der Waals surface area contributed by atoms with Gasteiger partial charge in [0.2, 0.25) is 0 Å². The molecule has 5 rings (SSSR count). The van der Waals surface area contributed by atoms with Crippen molar-refractivity contribution in [3.63, 3.8) is 0 Å². The summed E-state index contributed by atoms with van der Waals surface area (Å²) in [5.74, 6) is -0.380. The summed E-state index contributed by atoms with van der Waals surface area (Å²) in [6.07, 6.45) is 20.1. The molecule has 4 fully saturated rings. The highest BCUT2D eigenvalue weighted by Crippen LogP contribution is 2.71. The molecule has 0 spiro atoms. The molecule has 4 aliphatic rings. The normalized spacial score (nSPS) is 36.8. The number of aldehydes is 1. The van der Waals surface area contributed by atoms with Crippen molar-refractivity contribution < 1.29 is 34.1 Å². The zero-order valence-electron chi connectivity index (χ0n) is 28.1. The van der Waals surface area contributed by atoms with Gasteiger partial charge in [-0.1, -0.05) is 64.7 Å². The van der Waals surface area contributed by atoms with Gasteiger partial charge in [0, 0.05) is 30.9 Å². The third-order valence-corrected chi connectivity index (χ3v) is 13.2. The molecule has 4 saturated carbocycles. The summed E-state index contributed by atoms with van der Waals surface area (Å²) in [6, 6.07) is 3.27. The molecule has 0 unspecified atom stereocenters. The largest absolute Gasteiger partial charge is 0.462 e. The Kier molecular flexibility index (Phi) is 11.5. The molecule has 4 aliphatic carbocycles. The Labute approximate surface area is 274 Å². The van der Waals surface area contributed by atoms with Crippen molar-refractivity contribution in [2.45, 2.75) is 165 Å². The first-order valence-electron chi connectivity index (χ1n) is 18.4. The first-order chi connectivity index (χ1) is 22.1. The molecule has 0 amide bonds. The van der Waals surface area contributed by atoms with Crippen LogP contribution in [0.1, 0.15) is 153 Å². The first kappa shape index (κ1) is 35.3. The standard InChI is InChI=1S/C38H58O8/c1-35-20-17-31-32(38(35,44)23-19-30(35)28-14-15-33(41)45-26-28)18-22-37(43)25-29(16-21-36(31,37)27-40)46-34(42)13-11-9-7-5-3-2-4-6-8-10-12-24-39/h14-15,26-27,29-32,39,43-44H,2-13,16-25H2,1H3/t29-,30+,31-,32+,35+,36-,37-,38-/m0/s1. The van der Waals surface area contributed by atoms with Crippen LogP contribution in [0.5, 0.6) is 0 Å². The molecule has 0 saturated heterocycles. The molecule has 0 aromatic carbocycles. The Balaban J connectivity index is 1.10. The molecule has 3 N–H and O–H groups in total. The van der Waals surface area contributed by atoms with Gasteiger partial charge in [-0.25, -0.2) is 4.79 Å². The topological polar surface area (TPSA) is 134 Å². The Bertz CT molecular complexity index is 1210. The van der Waals surface area contributed by atoms with Gasteiger partial charge in [0.15, 0.2) is 0 Å². The third kappa shape index (κ3) is 6.78. The minimum atomic E-state index is -1.25. The maximum Gasteiger partial charge on any atom is 0.335 e. The Morgan fingerprint density at radius 1 is 0.870 bits per heavy atom. The van der Waals surface area contributed by atoms with Crippen molar-refractivity contribution in [2.75, 3.05) is 6.61 Å². The molecular weight excluding hydrogens is 584 g/mol. The summed E-state index contributed by atoms with van der Waals surface area (Å²) in [5, 5.41) is 33.4. The van der Waals surface area contributed by atoms with E-state index in [1.165, 1.54) is 50.9 Å². The van der Waals surface area contributed by atoms with Gasteiger partial charge in [-0.15, -0.1) is 0 Å². The maximum atomic E-state index is 13.0. The number of aliphatic hydroxyl groups is 3. The summed E-state index contributed by atoms with van der Waals surface area (Å²) in [6.45, 7) is 2.45. The van der Waals surface area contributed by atoms with E-state index in [0.717, 1.165) is 63.2 Å². The monoisotopic (exact) mass is 642 g/mol. The van der Waals surface area contributed by atoms with E-state index in [4.69, 9.17) is 14.3 Å². The lowest BCUT2D eigenvalue weighted by Crippen LogP contribution is -2.68. The van der Waals surface area contributed by atoms with Crippen LogP contribution in [-0.4, -0.2) is 51.5 Å². The Hall–Kier alpha value is -2.03. The number of fused-ring (bicyclic) bond motifs is 5. The molecule has 8 nitrogen and oxygen atoms in total. The van der Waals surface area contributed by atoms with E-state index in [9.17, 15) is 24.6 Å². The molecule has 8 heteroatoms. The summed E-state index contributed by atoms with van der Waals surface area (Å²) < 4.78 is 11.1. The molecule has 1 heterocycles. The number of rotatable bonds is 16. The van der Waals surface area contributed by atoms with Crippen molar-refractivity contribution in [3.8, 4) is 0 Å². The Morgan fingerprint density at radius 3 is 2.15 bits per heavy atom. The molecule has 0 aliphatic heterocycles. The maximum absolute atomic E-state index is 13.0. The number of aliphatic hydroxyl groups excluding tert-OH is 1. The molecule has 258 valence electrons. The van der Waals surface area contributed by atoms with Crippen molar-refractivity contribution >= 4 is 12.3 Å². The van der Waals surface area contributed by atoms with Crippen molar-refractivity contribution in [3.05, 3.63) is 34.4 Å². The second-order valence-electron chi connectivity index (χ2n) is 15.5. The molecule has 1 aromatic rings. The predicted molar refractivity (Wildman–Crippen MR) is 175 cm³/mol. The number of carbonyl (C=O) groups excluding carboxylic acids is 2. The van der Waals surface area contributed by atoms with Gasteiger partial charge in [0.05, 0.1) is 22.9 Å². The van der Waals surface area contributed by atoms with Crippen LogP contribution in [0, 0.1) is 22.7 Å². The van der Waals surface area contributed by atoms with Gasteiger partial charge < -0.3 is 29.3 Å². The van der Waals surface area contributed by atoms with Crippen molar-refractivity contribution in [1.29, 1.82) is 0 Å². The molecule has 8 atom stereocenters. The van der Waals surface area contributed by atoms with Crippen LogP contribution in [0.15, 0.2) is 27.6 Å². The van der Waals surface area contributed by atoms with Gasteiger partial charge in [0.1, 0.15) is 12.4 Å². The lowest BCUT2D eigenvalue weighted by Gasteiger charge is -2.65. The van der Waals surface area contributed by atoms with Gasteiger partial charge in [-0.2, -0.15) is 0 Å². The van der Waals surface area contributed by atoms with Crippen LogP contribution < -0.4 is 5.63 Å². The van der Waals surface area contributed by atoms with Crippen molar-refractivity contribution in [1.82, 2.24) is 0 Å². The third-order valence-electron chi connectivity index (χ3n) is 13.2. The molecule has 0 bridgehead atoms. The average Bonchev–Trinajstić information content (AvgIpc) is 3.32. The molecule has 1 aromatic heterocycles. The molecule has 0 radical (unpaired) electrons. The fourth-order valence-electron chi connectivity index (χ4n) is 10.6. The number of esters is 1. The van der Waals surface area contributed by atoms with Crippen LogP contribution >= 0.6 is 0 Å². The number of unbranched alkanes of at least 4 members (excludes halogenated alkanes) is 10. The van der Waals surface area contributed by atoms with E-state index in [1.54, 1.807) is 0 Å². The van der Waals surface area contributed by atoms with Crippen molar-refractivity contribution in [2.24, 2.45) is 22.7 Å². The van der Waals surface area contributed by atoms with E-state index >= 15 is 0 Å². The van der Waals surface area contributed by atoms with Crippen LogP contribution in [0.4, 0.5) is 0 Å². The number of ether oxygens (including phenoxy) is 1. The minimum absolute atomic E-state index is 0.0594. The van der Waals surface area contributed by atoms with E-state index < -0.39 is 22.0 Å². The summed E-state index contributed by atoms with van der Waals surface area (Å²) in [7, 11) is 0. The van der Waals surface area contributed by atoms with Gasteiger partial charge >= 0.3 is 11.6 Å². The number of hydrogen-bond acceptors (Lipinski definition) is 8. The average molecular weight is 643 g/mol. The van der Waals surface area contributed by atoms with E-state index in [1.807, 2.05) is 6.07 Å². The van der Waals surface area contributed by atoms with E-state index in [0.29, 0.717) is 45.1 Å². The fraction of sp³-hybridized carbons (Fsp3) is 0.816. The van der Waals surface area contributed by atoms with Crippen LogP contribution in [0.25, 0.3) is 0 Å². The predicted octanol–water partition coefficient (Wildman–Crippen LogP) is 6.76. The van der Waals surface area contributed by atoms with E-state index in [2.05, 4.69) is 6.92 Å². The second kappa shape index (κ2) is 15.0. The van der Waals surface area contributed by atoms with Crippen LogP contribution in [0.2, 0.25) is 0 Å². The smallest absolute Gasteiger partial charge is 0.335 e. The zero-order valence-corrected chi connectivity index (χ0v) is 28.1. The highest BCUT2D eigenvalue weighted by atomic mass is 16.5. The highest BCUT2D eigenvalue weighted by Gasteiger charge is 2.71. The summed E-state index contributed by atoms with van der Waals surface area (Å²) in [5.41, 5.74) is -3.03. The summed E-state index contributed by atoms with van der Waals surface area (Å²) >= 11 is 0. The minimum Gasteiger partial charge on any atom is -0.462 e. The first-order valence-corrected chi connectivity index (χ1v) is 18.4. The van der Waals surface area contributed by atoms with Gasteiger partial charge in [-0.3, -0.25) is 4.79 Å². The fourth-order valence-corrected chi connectivity index (χ4v) is 10.6. The second-order valence-corrected chi connectivity index (χ2v) is 15.5. The lowest BCUT2D eigenvalue weighted by atomic mass is 9.41. The molecule has 46 heavy (non-hydrogen) atoms. The number of hydrogen-bond donors (Lipinski definition) is 3. The SMILES string of the molecule is C[C@]12CC[C@H]3[C@@H](CC[C@]4(O)C[C@@H](OC(=O)CCCCCCCCCCCCCO)CC[C@]34C=O)[C@@]1(O)CC[C@@H]2c1ccc(=O)oc1. The van der Waals surface area contributed by atoms with Crippen LogP contribution in [0.3, 0.4) is 0 Å². The van der Waals surface area contributed by atoms with E-state index in [-0.39, 0.29) is 41.9 Å². The lowest BCUT2D eigenvalue weighted by molar-refractivity contribution is -0.248. The summed E-state index contributed by atoms with van der Waals surface area (Å²) in [4.78, 5) is 37.4. The molecular formula is C38H58O8. The number of carbonyl (C=O) groups is 2. The van der Waals surface area contributed by atoms with Crippen LogP contribution in [-0.2, 0) is 14.3 Å². The zero-order chi connectivity index (χ0) is 32.8. The van der Waals surface area contributed by atoms with Gasteiger partial charge in [-0.05, 0) is 93.6 Å². The quantitative estimate of drug-likeness (QED) is 0.102. The Morgan fingerprint density at radius 2 is 1.52 bits per heavy atom. The highest BCUT2D eigenvalue weighted by molar-refractivity contribution is 5.69. The van der Waals surface area contributed by atoms with Gasteiger partial charge in [0.25, 0.3) is 0 Å².